The summed E-state index contributed by atoms with van der Waals surface area (Å²) < 4.78 is 15.5. The summed E-state index contributed by atoms with van der Waals surface area (Å²) >= 11 is 0. The van der Waals surface area contributed by atoms with Gasteiger partial charge < -0.3 is 25.3 Å². The highest BCUT2D eigenvalue weighted by Gasteiger charge is 2.13. The van der Waals surface area contributed by atoms with Crippen LogP contribution in [-0.4, -0.2) is 68.5 Å². The van der Waals surface area contributed by atoms with Crippen LogP contribution in [0.1, 0.15) is 5.82 Å². The number of nitrogens with two attached hydrogens (primary N) is 1. The molecule has 1 aliphatic heterocycles. The van der Waals surface area contributed by atoms with E-state index in [0.29, 0.717) is 29.8 Å². The molecule has 8 nitrogen and oxygen atoms in total. The van der Waals surface area contributed by atoms with Crippen LogP contribution in [0.5, 0.6) is 5.88 Å². The van der Waals surface area contributed by atoms with E-state index in [4.69, 9.17) is 19.9 Å². The molecule has 3 N–H and O–H groups in total. The van der Waals surface area contributed by atoms with Gasteiger partial charge >= 0.3 is 0 Å². The molecule has 0 bridgehead atoms. The highest BCUT2D eigenvalue weighted by atomic mass is 16.5. The fourth-order valence-electron chi connectivity index (χ4n) is 2.13. The summed E-state index contributed by atoms with van der Waals surface area (Å²) in [7, 11) is 3.13. The van der Waals surface area contributed by atoms with Crippen molar-refractivity contribution in [2.45, 2.75) is 6.61 Å². The van der Waals surface area contributed by atoms with E-state index in [1.165, 1.54) is 7.11 Å². The molecule has 1 aromatic heterocycles. The van der Waals surface area contributed by atoms with E-state index in [-0.39, 0.29) is 0 Å². The Labute approximate surface area is 124 Å². The summed E-state index contributed by atoms with van der Waals surface area (Å²) in [5.74, 6) is 1.49. The molecular weight excluding hydrogens is 274 g/mol. The van der Waals surface area contributed by atoms with Crippen molar-refractivity contribution in [3.8, 4) is 5.88 Å². The first kappa shape index (κ1) is 15.7. The molecule has 0 spiro atoms. The largest absolute Gasteiger partial charge is 0.479 e. The van der Waals surface area contributed by atoms with E-state index in [2.05, 4.69) is 20.2 Å². The van der Waals surface area contributed by atoms with Gasteiger partial charge in [-0.3, -0.25) is 4.90 Å². The topological polar surface area (TPSA) is 94.8 Å². The van der Waals surface area contributed by atoms with Crippen molar-refractivity contribution in [2.75, 3.05) is 64.7 Å². The summed E-state index contributed by atoms with van der Waals surface area (Å²) in [4.78, 5) is 10.9. The van der Waals surface area contributed by atoms with E-state index < -0.39 is 0 Å². The smallest absolute Gasteiger partial charge is 0.242 e. The molecule has 0 aromatic carbocycles. The number of nitrogen functional groups attached to an aromatic ring is 1. The molecule has 8 heteroatoms. The monoisotopic (exact) mass is 297 g/mol. The van der Waals surface area contributed by atoms with Crippen LogP contribution >= 0.6 is 0 Å². The Kier molecular flexibility index (Phi) is 5.97. The Morgan fingerprint density at radius 2 is 2.05 bits per heavy atom. The Hall–Kier alpha value is -1.64. The molecule has 1 saturated heterocycles. The van der Waals surface area contributed by atoms with Crippen molar-refractivity contribution in [3.05, 3.63) is 5.82 Å². The zero-order chi connectivity index (χ0) is 15.1. The zero-order valence-electron chi connectivity index (χ0n) is 12.6. The Balaban J connectivity index is 1.95. The van der Waals surface area contributed by atoms with Gasteiger partial charge in [0.05, 0.1) is 20.3 Å². The molecule has 21 heavy (non-hydrogen) atoms. The molecule has 0 saturated carbocycles. The number of hydrogen-bond acceptors (Lipinski definition) is 8. The van der Waals surface area contributed by atoms with Crippen LogP contribution in [-0.2, 0) is 16.1 Å². The average molecular weight is 297 g/mol. The normalized spacial score (nSPS) is 15.9. The summed E-state index contributed by atoms with van der Waals surface area (Å²) in [5, 5.41) is 3.24. The minimum atomic E-state index is 0.314. The first-order valence-corrected chi connectivity index (χ1v) is 6.98. The van der Waals surface area contributed by atoms with Gasteiger partial charge in [0.15, 0.2) is 11.6 Å². The van der Waals surface area contributed by atoms with Gasteiger partial charge in [-0.25, -0.2) is 4.98 Å². The van der Waals surface area contributed by atoms with Crippen LogP contribution in [0, 0.1) is 0 Å². The van der Waals surface area contributed by atoms with Crippen molar-refractivity contribution in [1.82, 2.24) is 14.9 Å². The molecule has 0 unspecified atom stereocenters. The van der Waals surface area contributed by atoms with Gasteiger partial charge in [-0.1, -0.05) is 0 Å². The van der Waals surface area contributed by atoms with Gasteiger partial charge in [-0.05, 0) is 0 Å². The molecular formula is C13H23N5O3. The molecule has 0 radical (unpaired) electrons. The SMILES string of the molecule is COCc1nc(NCCN2CCOCC2)c(N)c(OC)n1. The minimum Gasteiger partial charge on any atom is -0.479 e. The van der Waals surface area contributed by atoms with Gasteiger partial charge in [0.1, 0.15) is 12.3 Å². The number of morpholine rings is 1. The molecule has 118 valence electrons. The third-order valence-electron chi connectivity index (χ3n) is 3.25. The van der Waals surface area contributed by atoms with Gasteiger partial charge in [-0.2, -0.15) is 4.98 Å². The quantitative estimate of drug-likeness (QED) is 0.724. The van der Waals surface area contributed by atoms with Crippen molar-refractivity contribution in [2.24, 2.45) is 0 Å². The Morgan fingerprint density at radius 1 is 1.29 bits per heavy atom. The lowest BCUT2D eigenvalue weighted by molar-refractivity contribution is 0.0398. The highest BCUT2D eigenvalue weighted by molar-refractivity contribution is 5.66. The van der Waals surface area contributed by atoms with Gasteiger partial charge in [0, 0.05) is 33.3 Å². The molecule has 2 heterocycles. The third-order valence-corrected chi connectivity index (χ3v) is 3.25. The molecule has 0 amide bonds. The number of nitrogens with one attached hydrogen (secondary N) is 1. The van der Waals surface area contributed by atoms with Gasteiger partial charge in [0.2, 0.25) is 5.88 Å². The fraction of sp³-hybridized carbons (Fsp3) is 0.692. The Morgan fingerprint density at radius 3 is 2.71 bits per heavy atom. The standard InChI is InChI=1S/C13H23N5O3/c1-19-9-10-16-12(11(14)13(17-10)20-2)15-3-4-18-5-7-21-8-6-18/h3-9,14H2,1-2H3,(H,15,16,17). The van der Waals surface area contributed by atoms with Crippen LogP contribution in [0.3, 0.4) is 0 Å². The summed E-state index contributed by atoms with van der Waals surface area (Å²) in [6, 6.07) is 0. The maximum Gasteiger partial charge on any atom is 0.242 e. The number of aromatic nitrogens is 2. The summed E-state index contributed by atoms with van der Waals surface area (Å²) in [6.07, 6.45) is 0. The lowest BCUT2D eigenvalue weighted by Gasteiger charge is -2.26. The number of ether oxygens (including phenoxy) is 3. The van der Waals surface area contributed by atoms with E-state index in [9.17, 15) is 0 Å². The predicted molar refractivity (Wildman–Crippen MR) is 79.5 cm³/mol. The predicted octanol–water partition coefficient (Wildman–Crippen LogP) is -0.0421. The van der Waals surface area contributed by atoms with Gasteiger partial charge in [-0.15, -0.1) is 0 Å². The van der Waals surface area contributed by atoms with E-state index >= 15 is 0 Å². The molecule has 0 atom stereocenters. The van der Waals surface area contributed by atoms with E-state index in [1.54, 1.807) is 7.11 Å². The third kappa shape index (κ3) is 4.42. The number of anilines is 2. The molecule has 1 fully saturated rings. The first-order chi connectivity index (χ1) is 10.2. The number of methoxy groups -OCH3 is 2. The number of nitrogens with zero attached hydrogens (tertiary/aromatic N) is 3. The number of rotatable bonds is 7. The lowest BCUT2D eigenvalue weighted by atomic mass is 10.4. The van der Waals surface area contributed by atoms with Crippen LogP contribution in [0.2, 0.25) is 0 Å². The molecule has 1 aliphatic rings. The molecule has 2 rings (SSSR count). The molecule has 0 aliphatic carbocycles. The lowest BCUT2D eigenvalue weighted by Crippen LogP contribution is -2.39. The number of hydrogen-bond donors (Lipinski definition) is 2. The first-order valence-electron chi connectivity index (χ1n) is 6.98. The second-order valence-electron chi connectivity index (χ2n) is 4.73. The van der Waals surface area contributed by atoms with Crippen molar-refractivity contribution >= 4 is 11.5 Å². The zero-order valence-corrected chi connectivity index (χ0v) is 12.6. The van der Waals surface area contributed by atoms with E-state index in [0.717, 1.165) is 39.4 Å². The summed E-state index contributed by atoms with van der Waals surface area (Å²) in [5.41, 5.74) is 6.41. The average Bonchev–Trinajstić information content (AvgIpc) is 2.51. The fourth-order valence-corrected chi connectivity index (χ4v) is 2.13. The summed E-state index contributed by atoms with van der Waals surface area (Å²) in [6.45, 7) is 5.47. The maximum absolute atomic E-state index is 5.99. The van der Waals surface area contributed by atoms with Crippen LogP contribution < -0.4 is 15.8 Å². The Bertz CT molecular complexity index is 452. The van der Waals surface area contributed by atoms with Crippen molar-refractivity contribution in [1.29, 1.82) is 0 Å². The van der Waals surface area contributed by atoms with Crippen LogP contribution in [0.4, 0.5) is 11.5 Å². The van der Waals surface area contributed by atoms with Crippen molar-refractivity contribution in [3.63, 3.8) is 0 Å². The van der Waals surface area contributed by atoms with Crippen molar-refractivity contribution < 1.29 is 14.2 Å². The second kappa shape index (κ2) is 7.96. The maximum atomic E-state index is 5.99. The van der Waals surface area contributed by atoms with Crippen LogP contribution in [0.15, 0.2) is 0 Å². The minimum absolute atomic E-state index is 0.314. The molecule has 1 aromatic rings. The van der Waals surface area contributed by atoms with Gasteiger partial charge in [0.25, 0.3) is 0 Å². The highest BCUT2D eigenvalue weighted by Crippen LogP contribution is 2.25. The van der Waals surface area contributed by atoms with Crippen LogP contribution in [0.25, 0.3) is 0 Å². The van der Waals surface area contributed by atoms with E-state index in [1.807, 2.05) is 0 Å². The second-order valence-corrected chi connectivity index (χ2v) is 4.73.